The molecule has 3 rings (SSSR count). The molecule has 0 saturated carbocycles. The highest BCUT2D eigenvalue weighted by molar-refractivity contribution is 6.30. The molecule has 0 saturated heterocycles. The molecule has 0 aliphatic carbocycles. The number of carboxylic acid groups (broad SMARTS) is 1. The molecule has 162 valence electrons. The Morgan fingerprint density at radius 3 is 2.48 bits per heavy atom. The van der Waals surface area contributed by atoms with Gasteiger partial charge in [0.15, 0.2) is 0 Å². The highest BCUT2D eigenvalue weighted by Crippen LogP contribution is 2.26. The fraction of sp³-hybridized carbons (Fsp3) is 0.269. The van der Waals surface area contributed by atoms with E-state index in [-0.39, 0.29) is 0 Å². The lowest BCUT2D eigenvalue weighted by atomic mass is 9.94. The molecule has 31 heavy (non-hydrogen) atoms. The van der Waals surface area contributed by atoms with Gasteiger partial charge in [0.25, 0.3) is 0 Å². The molecule has 0 fully saturated rings. The van der Waals surface area contributed by atoms with Crippen LogP contribution in [0.5, 0.6) is 0 Å². The molecule has 0 aliphatic heterocycles. The Kier molecular flexibility index (Phi) is 8.24. The summed E-state index contributed by atoms with van der Waals surface area (Å²) in [6.45, 7) is 3.32. The Hall–Kier alpha value is -2.66. The van der Waals surface area contributed by atoms with E-state index in [0.29, 0.717) is 17.1 Å². The number of halogens is 1. The molecule has 0 aliphatic rings. The molecule has 3 aromatic carbocycles. The number of hydrogen-bond acceptors (Lipinski definition) is 3. The standard InChI is InChI=1S/C26H28ClNO3/c1-2-4-20-15-22(26(30)31)11-12-24(20)19-9-7-18(8-10-19)13-14-28-17-25(29)21-5-3-6-23(27)16-21/h3,5-12,15-16,25,28-29H,2,4,13-14,17H2,1H3,(H,30,31)/t25-/m1/s1. The lowest BCUT2D eigenvalue weighted by Crippen LogP contribution is -2.23. The van der Waals surface area contributed by atoms with Crippen LogP contribution >= 0.6 is 11.6 Å². The van der Waals surface area contributed by atoms with Crippen LogP contribution in [0.3, 0.4) is 0 Å². The van der Waals surface area contributed by atoms with Gasteiger partial charge in [0.1, 0.15) is 0 Å². The molecule has 1 atom stereocenters. The molecule has 4 nitrogen and oxygen atoms in total. The van der Waals surface area contributed by atoms with E-state index >= 15 is 0 Å². The number of carboxylic acids is 1. The summed E-state index contributed by atoms with van der Waals surface area (Å²) in [7, 11) is 0. The van der Waals surface area contributed by atoms with Gasteiger partial charge in [-0.15, -0.1) is 0 Å². The van der Waals surface area contributed by atoms with Crippen LogP contribution in [0.4, 0.5) is 0 Å². The second-order valence-corrected chi connectivity index (χ2v) is 8.09. The van der Waals surface area contributed by atoms with Crippen molar-refractivity contribution < 1.29 is 15.0 Å². The Bertz CT molecular complexity index is 1020. The van der Waals surface area contributed by atoms with Crippen LogP contribution < -0.4 is 5.32 Å². The van der Waals surface area contributed by atoms with Gasteiger partial charge < -0.3 is 15.5 Å². The molecule has 0 amide bonds. The quantitative estimate of drug-likeness (QED) is 0.365. The summed E-state index contributed by atoms with van der Waals surface area (Å²) < 4.78 is 0. The lowest BCUT2D eigenvalue weighted by Gasteiger charge is -2.13. The smallest absolute Gasteiger partial charge is 0.335 e. The van der Waals surface area contributed by atoms with Crippen molar-refractivity contribution in [2.45, 2.75) is 32.3 Å². The number of benzene rings is 3. The predicted molar refractivity (Wildman–Crippen MR) is 126 cm³/mol. The zero-order valence-corrected chi connectivity index (χ0v) is 18.4. The second-order valence-electron chi connectivity index (χ2n) is 7.65. The molecular weight excluding hydrogens is 410 g/mol. The molecule has 0 aromatic heterocycles. The van der Waals surface area contributed by atoms with E-state index in [9.17, 15) is 15.0 Å². The average Bonchev–Trinajstić information content (AvgIpc) is 2.77. The Balaban J connectivity index is 1.57. The van der Waals surface area contributed by atoms with Crippen molar-refractivity contribution in [2.75, 3.05) is 13.1 Å². The third-order valence-electron chi connectivity index (χ3n) is 5.30. The van der Waals surface area contributed by atoms with E-state index in [2.05, 4.69) is 36.5 Å². The van der Waals surface area contributed by atoms with Crippen molar-refractivity contribution in [1.29, 1.82) is 0 Å². The largest absolute Gasteiger partial charge is 0.478 e. The molecule has 0 radical (unpaired) electrons. The maximum Gasteiger partial charge on any atom is 0.335 e. The van der Waals surface area contributed by atoms with E-state index < -0.39 is 12.1 Å². The first-order valence-corrected chi connectivity index (χ1v) is 11.0. The topological polar surface area (TPSA) is 69.6 Å². The number of aliphatic hydroxyl groups is 1. The third-order valence-corrected chi connectivity index (χ3v) is 5.53. The summed E-state index contributed by atoms with van der Waals surface area (Å²) in [5, 5.41) is 23.4. The van der Waals surface area contributed by atoms with Crippen LogP contribution in [0.1, 0.15) is 46.5 Å². The number of carbonyl (C=O) groups is 1. The van der Waals surface area contributed by atoms with Gasteiger partial charge in [-0.05, 0) is 71.5 Å². The Morgan fingerprint density at radius 1 is 1.03 bits per heavy atom. The average molecular weight is 438 g/mol. The van der Waals surface area contributed by atoms with E-state index in [0.717, 1.165) is 48.1 Å². The fourth-order valence-corrected chi connectivity index (χ4v) is 3.84. The SMILES string of the molecule is CCCc1cc(C(=O)O)ccc1-c1ccc(CCNC[C@@H](O)c2cccc(Cl)c2)cc1. The zero-order valence-electron chi connectivity index (χ0n) is 17.6. The van der Waals surface area contributed by atoms with Crippen molar-refractivity contribution in [3.05, 3.63) is 94.0 Å². The highest BCUT2D eigenvalue weighted by Gasteiger charge is 2.10. The highest BCUT2D eigenvalue weighted by atomic mass is 35.5. The first kappa shape index (κ1) is 23.0. The van der Waals surface area contributed by atoms with Gasteiger partial charge >= 0.3 is 5.97 Å². The first-order valence-electron chi connectivity index (χ1n) is 10.6. The van der Waals surface area contributed by atoms with E-state index in [1.54, 1.807) is 24.3 Å². The second kappa shape index (κ2) is 11.1. The summed E-state index contributed by atoms with van der Waals surface area (Å²) in [5.74, 6) is -0.896. The van der Waals surface area contributed by atoms with Gasteiger partial charge in [0, 0.05) is 11.6 Å². The van der Waals surface area contributed by atoms with Crippen molar-refractivity contribution in [3.63, 3.8) is 0 Å². The number of aliphatic hydroxyl groups excluding tert-OH is 1. The first-order chi connectivity index (χ1) is 15.0. The number of nitrogens with one attached hydrogen (secondary N) is 1. The van der Waals surface area contributed by atoms with Crippen LogP contribution in [0, 0.1) is 0 Å². The van der Waals surface area contributed by atoms with E-state index in [1.165, 1.54) is 5.56 Å². The molecular formula is C26H28ClNO3. The summed E-state index contributed by atoms with van der Waals surface area (Å²) in [5.41, 5.74) is 5.57. The minimum absolute atomic E-state index is 0.329. The molecule has 3 aromatic rings. The van der Waals surface area contributed by atoms with Crippen LogP contribution in [0.25, 0.3) is 11.1 Å². The number of hydrogen-bond donors (Lipinski definition) is 3. The zero-order chi connectivity index (χ0) is 22.2. The van der Waals surface area contributed by atoms with Crippen LogP contribution in [-0.4, -0.2) is 29.3 Å². The molecule has 5 heteroatoms. The molecule has 0 unspecified atom stereocenters. The van der Waals surface area contributed by atoms with Gasteiger partial charge in [0.2, 0.25) is 0 Å². The molecule has 3 N–H and O–H groups in total. The van der Waals surface area contributed by atoms with Crippen molar-refractivity contribution >= 4 is 17.6 Å². The van der Waals surface area contributed by atoms with Crippen molar-refractivity contribution in [3.8, 4) is 11.1 Å². The van der Waals surface area contributed by atoms with Crippen molar-refractivity contribution in [1.82, 2.24) is 5.32 Å². The number of aryl methyl sites for hydroxylation is 1. The number of aromatic carboxylic acids is 1. The van der Waals surface area contributed by atoms with Gasteiger partial charge in [0.05, 0.1) is 11.7 Å². The summed E-state index contributed by atoms with van der Waals surface area (Å²) in [4.78, 5) is 11.3. The van der Waals surface area contributed by atoms with Crippen LogP contribution in [0.2, 0.25) is 5.02 Å². The Labute approximate surface area is 188 Å². The summed E-state index contributed by atoms with van der Waals surface area (Å²) in [6, 6.07) is 21.0. The number of rotatable bonds is 10. The third kappa shape index (κ3) is 6.41. The van der Waals surface area contributed by atoms with Gasteiger partial charge in [-0.25, -0.2) is 4.79 Å². The monoisotopic (exact) mass is 437 g/mol. The molecule has 0 spiro atoms. The Morgan fingerprint density at radius 2 is 1.81 bits per heavy atom. The van der Waals surface area contributed by atoms with Gasteiger partial charge in [-0.3, -0.25) is 0 Å². The summed E-state index contributed by atoms with van der Waals surface area (Å²) in [6.07, 6.45) is 2.06. The lowest BCUT2D eigenvalue weighted by molar-refractivity contribution is 0.0696. The minimum Gasteiger partial charge on any atom is -0.478 e. The normalized spacial score (nSPS) is 12.0. The van der Waals surface area contributed by atoms with E-state index in [1.807, 2.05) is 18.2 Å². The minimum atomic E-state index is -0.896. The van der Waals surface area contributed by atoms with Gasteiger partial charge in [-0.1, -0.05) is 67.4 Å². The van der Waals surface area contributed by atoms with Crippen LogP contribution in [-0.2, 0) is 12.8 Å². The van der Waals surface area contributed by atoms with Crippen LogP contribution in [0.15, 0.2) is 66.7 Å². The van der Waals surface area contributed by atoms with E-state index in [4.69, 9.17) is 11.6 Å². The molecule has 0 bridgehead atoms. The molecule has 0 heterocycles. The van der Waals surface area contributed by atoms with Gasteiger partial charge in [-0.2, -0.15) is 0 Å². The predicted octanol–water partition coefficient (Wildman–Crippen LogP) is 5.52. The fourth-order valence-electron chi connectivity index (χ4n) is 3.64. The van der Waals surface area contributed by atoms with Crippen molar-refractivity contribution in [2.24, 2.45) is 0 Å². The maximum atomic E-state index is 11.3. The maximum absolute atomic E-state index is 11.3. The summed E-state index contributed by atoms with van der Waals surface area (Å²) >= 11 is 5.98.